The van der Waals surface area contributed by atoms with Crippen LogP contribution in [0, 0.1) is 0 Å². The van der Waals surface area contributed by atoms with Gasteiger partial charge in [-0.25, -0.2) is 13.8 Å². The first-order chi connectivity index (χ1) is 13.8. The van der Waals surface area contributed by atoms with Gasteiger partial charge in [-0.15, -0.1) is 0 Å². The highest BCUT2D eigenvalue weighted by Gasteiger charge is 2.23. The molecule has 0 unspecified atom stereocenters. The maximum atomic E-state index is 12.3. The van der Waals surface area contributed by atoms with Crippen molar-refractivity contribution in [3.63, 3.8) is 0 Å². The van der Waals surface area contributed by atoms with Crippen molar-refractivity contribution in [3.8, 4) is 17.2 Å². The molecule has 0 heterocycles. The summed E-state index contributed by atoms with van der Waals surface area (Å²) >= 11 is 0. The summed E-state index contributed by atoms with van der Waals surface area (Å²) in [5, 5.41) is 13.8. The fourth-order valence-electron chi connectivity index (χ4n) is 2.47. The zero-order chi connectivity index (χ0) is 21.4. The molecule has 1 amide bonds. The highest BCUT2D eigenvalue weighted by Crippen LogP contribution is 2.30. The van der Waals surface area contributed by atoms with Crippen LogP contribution in [0.1, 0.15) is 12.5 Å². The zero-order valence-electron chi connectivity index (χ0n) is 16.3. The van der Waals surface area contributed by atoms with E-state index in [1.807, 2.05) is 0 Å². The van der Waals surface area contributed by atoms with Crippen LogP contribution in [0.2, 0.25) is 0 Å². The van der Waals surface area contributed by atoms with Crippen molar-refractivity contribution in [2.45, 2.75) is 6.92 Å². The van der Waals surface area contributed by atoms with Gasteiger partial charge in [0.1, 0.15) is 12.3 Å². The first-order valence-corrected chi connectivity index (χ1v) is 10.5. The molecule has 0 aliphatic carbocycles. The summed E-state index contributed by atoms with van der Waals surface area (Å²) in [7, 11) is -2.35. The maximum Gasteiger partial charge on any atom is 0.260 e. The lowest BCUT2D eigenvalue weighted by Crippen LogP contribution is -2.39. The number of aromatic hydroxyl groups is 1. The lowest BCUT2D eigenvalue weighted by atomic mass is 10.2. The third-order valence-electron chi connectivity index (χ3n) is 3.76. The number of hydrazone groups is 1. The van der Waals surface area contributed by atoms with Crippen LogP contribution in [-0.2, 0) is 14.8 Å². The minimum Gasteiger partial charge on any atom is -0.504 e. The number of phenols is 1. The number of carbonyl (C=O) groups excluding carboxylic acids is 1. The van der Waals surface area contributed by atoms with Gasteiger partial charge in [-0.1, -0.05) is 18.2 Å². The van der Waals surface area contributed by atoms with Crippen molar-refractivity contribution < 1.29 is 27.8 Å². The molecular weight excluding hydrogens is 398 g/mol. The van der Waals surface area contributed by atoms with Crippen LogP contribution in [-0.4, -0.2) is 52.2 Å². The number of sulfonamides is 1. The van der Waals surface area contributed by atoms with Crippen LogP contribution < -0.4 is 19.2 Å². The van der Waals surface area contributed by atoms with Gasteiger partial charge in [-0.3, -0.25) is 9.10 Å². The highest BCUT2D eigenvalue weighted by atomic mass is 32.2. The molecule has 0 saturated heterocycles. The number of hydrogen-bond donors (Lipinski definition) is 2. The number of nitrogens with one attached hydrogen (secondary N) is 1. The van der Waals surface area contributed by atoms with Gasteiger partial charge in [0.15, 0.2) is 11.5 Å². The Morgan fingerprint density at radius 3 is 2.55 bits per heavy atom. The van der Waals surface area contributed by atoms with E-state index >= 15 is 0 Å². The van der Waals surface area contributed by atoms with Crippen molar-refractivity contribution in [1.82, 2.24) is 5.43 Å². The molecule has 2 rings (SSSR count). The van der Waals surface area contributed by atoms with Crippen molar-refractivity contribution in [1.29, 1.82) is 0 Å². The number of anilines is 1. The van der Waals surface area contributed by atoms with Gasteiger partial charge in [0.25, 0.3) is 5.91 Å². The molecule has 9 nitrogen and oxygen atoms in total. The monoisotopic (exact) mass is 421 g/mol. The van der Waals surface area contributed by atoms with Crippen molar-refractivity contribution in [2.24, 2.45) is 5.10 Å². The summed E-state index contributed by atoms with van der Waals surface area (Å²) in [6.45, 7) is 1.62. The lowest BCUT2D eigenvalue weighted by molar-refractivity contribution is -0.119. The minimum absolute atomic E-state index is 0.128. The van der Waals surface area contributed by atoms with Crippen molar-refractivity contribution in [3.05, 3.63) is 48.0 Å². The van der Waals surface area contributed by atoms with Gasteiger partial charge >= 0.3 is 0 Å². The van der Waals surface area contributed by atoms with Crippen LogP contribution in [0.3, 0.4) is 0 Å². The summed E-state index contributed by atoms with van der Waals surface area (Å²) in [6.07, 6.45) is 2.23. The summed E-state index contributed by atoms with van der Waals surface area (Å²) < 4.78 is 35.9. The molecule has 0 aliphatic heterocycles. The van der Waals surface area contributed by atoms with Gasteiger partial charge in [0, 0.05) is 5.56 Å². The number of benzene rings is 2. The summed E-state index contributed by atoms with van der Waals surface area (Å²) in [4.78, 5) is 12.3. The Morgan fingerprint density at radius 1 is 1.21 bits per heavy atom. The topological polar surface area (TPSA) is 118 Å². The molecule has 2 aromatic carbocycles. The number of phenolic OH excluding ortho intramolecular Hbond substituents is 1. The molecule has 0 atom stereocenters. The van der Waals surface area contributed by atoms with Gasteiger partial charge in [-0.2, -0.15) is 5.10 Å². The molecule has 0 aliphatic rings. The second kappa shape index (κ2) is 9.78. The van der Waals surface area contributed by atoms with E-state index in [0.29, 0.717) is 17.9 Å². The Morgan fingerprint density at radius 2 is 1.90 bits per heavy atom. The quantitative estimate of drug-likeness (QED) is 0.470. The first kappa shape index (κ1) is 22.0. The summed E-state index contributed by atoms with van der Waals surface area (Å²) in [6, 6.07) is 11.3. The third kappa shape index (κ3) is 5.85. The van der Waals surface area contributed by atoms with Crippen LogP contribution in [0.25, 0.3) is 0 Å². The molecule has 0 aromatic heterocycles. The number of carbonyl (C=O) groups is 1. The third-order valence-corrected chi connectivity index (χ3v) is 4.89. The van der Waals surface area contributed by atoms with E-state index in [2.05, 4.69) is 10.5 Å². The van der Waals surface area contributed by atoms with Crippen LogP contribution in [0.15, 0.2) is 47.6 Å². The number of hydrogen-bond acceptors (Lipinski definition) is 7. The number of amides is 1. The van der Waals surface area contributed by atoms with Gasteiger partial charge in [0.05, 0.1) is 31.9 Å². The van der Waals surface area contributed by atoms with Gasteiger partial charge in [0.2, 0.25) is 10.0 Å². The standard InChI is InChI=1S/C19H23N3O6S/c1-4-28-16-10-6-5-9-15(16)22(29(3,25)26)13-18(23)21-20-12-14-8-7-11-17(27-2)19(14)24/h5-12,24H,4,13H2,1-3H3,(H,21,23)/b20-12-. The molecule has 0 spiro atoms. The minimum atomic E-state index is -3.76. The molecule has 156 valence electrons. The van der Waals surface area contributed by atoms with Crippen molar-refractivity contribution >= 4 is 27.8 Å². The van der Waals surface area contributed by atoms with Crippen molar-refractivity contribution in [2.75, 3.05) is 30.8 Å². The highest BCUT2D eigenvalue weighted by molar-refractivity contribution is 7.92. The van der Waals surface area contributed by atoms with E-state index < -0.39 is 22.5 Å². The molecule has 10 heteroatoms. The molecule has 0 fully saturated rings. The number of methoxy groups -OCH3 is 1. The molecule has 2 aromatic rings. The molecule has 0 radical (unpaired) electrons. The number of rotatable bonds is 9. The second-order valence-corrected chi connectivity index (χ2v) is 7.77. The predicted octanol–water partition coefficient (Wildman–Crippen LogP) is 1.72. The van der Waals surface area contributed by atoms with Gasteiger partial charge < -0.3 is 14.6 Å². The Balaban J connectivity index is 2.16. The molecule has 2 N–H and O–H groups in total. The number of para-hydroxylation sites is 3. The fraction of sp³-hybridized carbons (Fsp3) is 0.263. The average molecular weight is 421 g/mol. The molecule has 0 bridgehead atoms. The Bertz CT molecular complexity index is 991. The SMILES string of the molecule is CCOc1ccccc1N(CC(=O)N/N=C\c1cccc(OC)c1O)S(C)(=O)=O. The Hall–Kier alpha value is -3.27. The zero-order valence-corrected chi connectivity index (χ0v) is 17.1. The summed E-state index contributed by atoms with van der Waals surface area (Å²) in [5.74, 6) is -0.189. The smallest absolute Gasteiger partial charge is 0.260 e. The van der Waals surface area contributed by atoms with Crippen LogP contribution in [0.5, 0.6) is 17.2 Å². The first-order valence-electron chi connectivity index (χ1n) is 8.65. The number of ether oxygens (including phenoxy) is 2. The second-order valence-electron chi connectivity index (χ2n) is 5.86. The molecular formula is C19H23N3O6S. The maximum absolute atomic E-state index is 12.3. The Labute approximate surface area is 169 Å². The van der Waals surface area contributed by atoms with E-state index in [1.54, 1.807) is 49.4 Å². The van der Waals surface area contributed by atoms with E-state index in [-0.39, 0.29) is 17.2 Å². The van der Waals surface area contributed by atoms with Crippen LogP contribution in [0.4, 0.5) is 5.69 Å². The molecule has 29 heavy (non-hydrogen) atoms. The van der Waals surface area contributed by atoms with E-state index in [9.17, 15) is 18.3 Å². The van der Waals surface area contributed by atoms with E-state index in [4.69, 9.17) is 9.47 Å². The predicted molar refractivity (Wildman–Crippen MR) is 110 cm³/mol. The Kier molecular flexibility index (Phi) is 7.43. The summed E-state index contributed by atoms with van der Waals surface area (Å²) in [5.41, 5.74) is 2.83. The van der Waals surface area contributed by atoms with Gasteiger partial charge in [-0.05, 0) is 31.2 Å². The van der Waals surface area contributed by atoms with E-state index in [1.165, 1.54) is 13.3 Å². The fourth-order valence-corrected chi connectivity index (χ4v) is 3.33. The largest absolute Gasteiger partial charge is 0.504 e. The lowest BCUT2D eigenvalue weighted by Gasteiger charge is -2.23. The molecule has 0 saturated carbocycles. The van der Waals surface area contributed by atoms with E-state index in [0.717, 1.165) is 10.6 Å². The average Bonchev–Trinajstić information content (AvgIpc) is 2.67. The van der Waals surface area contributed by atoms with Crippen LogP contribution >= 0.6 is 0 Å². The normalized spacial score (nSPS) is 11.3. The number of nitrogens with zero attached hydrogens (tertiary/aromatic N) is 2.